The molecule has 6 rings (SSSR count). The second kappa shape index (κ2) is 27.5. The van der Waals surface area contributed by atoms with Crippen LogP contribution in [-0.4, -0.2) is 43.0 Å². The maximum atomic E-state index is 13.1. The van der Waals surface area contributed by atoms with Crippen molar-refractivity contribution < 1.29 is 14.4 Å². The highest BCUT2D eigenvalue weighted by Gasteiger charge is 2.34. The van der Waals surface area contributed by atoms with Gasteiger partial charge in [0.1, 0.15) is 0 Å². The van der Waals surface area contributed by atoms with E-state index in [4.69, 9.17) is 11.6 Å². The molecule has 69 heavy (non-hydrogen) atoms. The van der Waals surface area contributed by atoms with Gasteiger partial charge in [0.05, 0.1) is 0 Å². The van der Waals surface area contributed by atoms with Crippen molar-refractivity contribution in [2.24, 2.45) is 21.7 Å². The zero-order valence-corrected chi connectivity index (χ0v) is 46.0. The van der Waals surface area contributed by atoms with Crippen LogP contribution in [0.3, 0.4) is 0 Å². The van der Waals surface area contributed by atoms with Crippen LogP contribution in [0.4, 0.5) is 22.7 Å². The van der Waals surface area contributed by atoms with Crippen molar-refractivity contribution in [1.29, 1.82) is 0 Å². The van der Waals surface area contributed by atoms with Gasteiger partial charge in [-0.25, -0.2) is 0 Å². The molecule has 7 nitrogen and oxygen atoms in total. The van der Waals surface area contributed by atoms with Crippen molar-refractivity contribution in [2.75, 3.05) is 45.8 Å². The third-order valence-corrected chi connectivity index (χ3v) is 14.9. The Hall–Kier alpha value is -4.10. The summed E-state index contributed by atoms with van der Waals surface area (Å²) in [6.45, 7) is 28.6. The van der Waals surface area contributed by atoms with Gasteiger partial charge in [0, 0.05) is 104 Å². The number of hydrogen-bond acceptors (Lipinski definition) is 7. The number of carbonyl (C=O) groups excluding carboxylic acids is 3. The first-order valence-corrected chi connectivity index (χ1v) is 27.4. The van der Waals surface area contributed by atoms with E-state index in [1.165, 1.54) is 62.7 Å². The second-order valence-corrected chi connectivity index (χ2v) is 23.3. The highest BCUT2D eigenvalue weighted by molar-refractivity contribution is 6.63. The Morgan fingerprint density at radius 3 is 1.03 bits per heavy atom. The number of unbranched alkanes of at least 4 members (excludes halogenated alkanes) is 9. The fourth-order valence-electron chi connectivity index (χ4n) is 9.37. The average Bonchev–Trinajstić information content (AvgIpc) is 3.31. The predicted molar refractivity (Wildman–Crippen MR) is 297 cm³/mol. The predicted octanol–water partition coefficient (Wildman–Crippen LogP) is 16.9. The summed E-state index contributed by atoms with van der Waals surface area (Å²) in [5.74, 6) is 0.612. The van der Waals surface area contributed by atoms with Crippen LogP contribution in [0.2, 0.25) is 0 Å². The van der Waals surface area contributed by atoms with E-state index in [1.807, 2.05) is 0 Å². The van der Waals surface area contributed by atoms with Crippen molar-refractivity contribution in [3.63, 3.8) is 0 Å². The van der Waals surface area contributed by atoms with Crippen LogP contribution in [-0.2, 0) is 14.4 Å². The van der Waals surface area contributed by atoms with E-state index in [0.29, 0.717) is 41.7 Å². The molecule has 0 bridgehead atoms. The number of nitrogens with zero attached hydrogens (tertiary/aromatic N) is 4. The topological polar surface area (TPSA) is 64.2 Å². The number of carbonyl (C=O) groups is 3. The fourth-order valence-corrected chi connectivity index (χ4v) is 9.50. The minimum absolute atomic E-state index is 0.0802. The number of allylic oxidation sites excluding steroid dienone is 4. The Morgan fingerprint density at radius 1 is 0.435 bits per heavy atom. The standard InChI is InChI=1S/C34H52N2O2.C20H28N2.C7H13ClO/c1-7-9-11-13-15-31(37)29-25-35(23-21-33(29,3)4)27-17-19-28(20-18-27)36-24-22-34(5,6)30(26-36)32(38)16-14-12-10-8-2;1-19(2)9-13-21(14-10-19)17-5-7-18(8-6-17)22-15-11-20(3,4)12-16-22;1-2-3-4-5-6-7(8)9/h17-20,25-26H,7-16,21-24H2,1-6H3;5-9,11,13,15H,10,12,14,16H2,1-4H3;2-6H2,1H3. The van der Waals surface area contributed by atoms with Gasteiger partial charge < -0.3 is 19.6 Å². The molecule has 0 aromatic heterocycles. The monoisotopic (exact) mass is 965 g/mol. The molecule has 2 aromatic rings. The molecule has 0 N–H and O–H groups in total. The van der Waals surface area contributed by atoms with Crippen LogP contribution in [0.1, 0.15) is 198 Å². The molecule has 4 aliphatic heterocycles. The number of Topliss-reactive ketones (excluding diaryl/α,β-unsaturated/α-hetero) is 2. The Bertz CT molecular complexity index is 1910. The molecule has 8 heteroatoms. The van der Waals surface area contributed by atoms with Crippen LogP contribution in [0.5, 0.6) is 0 Å². The number of halogens is 1. The Balaban J connectivity index is 0.000000279. The lowest BCUT2D eigenvalue weighted by molar-refractivity contribution is -0.117. The van der Waals surface area contributed by atoms with E-state index in [-0.39, 0.29) is 16.1 Å². The molecule has 2 aromatic carbocycles. The molecule has 0 radical (unpaired) electrons. The quantitative estimate of drug-likeness (QED) is 0.0912. The van der Waals surface area contributed by atoms with Crippen molar-refractivity contribution in [3.05, 3.63) is 96.6 Å². The first-order chi connectivity index (χ1) is 32.7. The van der Waals surface area contributed by atoms with E-state index in [1.54, 1.807) is 0 Å². The zero-order valence-electron chi connectivity index (χ0n) is 45.2. The third kappa shape index (κ3) is 18.9. The van der Waals surface area contributed by atoms with Gasteiger partial charge in [0.2, 0.25) is 5.24 Å². The number of anilines is 4. The van der Waals surface area contributed by atoms with Gasteiger partial charge in [-0.3, -0.25) is 14.4 Å². The zero-order chi connectivity index (χ0) is 50.7. The van der Waals surface area contributed by atoms with Crippen molar-refractivity contribution in [3.8, 4) is 0 Å². The molecular weight excluding hydrogens is 872 g/mol. The third-order valence-electron chi connectivity index (χ3n) is 14.8. The van der Waals surface area contributed by atoms with E-state index in [0.717, 1.165) is 100 Å². The van der Waals surface area contributed by atoms with E-state index < -0.39 is 0 Å². The first kappa shape index (κ1) is 57.5. The number of ketones is 2. The van der Waals surface area contributed by atoms with Crippen LogP contribution >= 0.6 is 11.6 Å². The Kier molecular flexibility index (Phi) is 22.9. The molecule has 0 saturated carbocycles. The largest absolute Gasteiger partial charge is 0.348 e. The molecule has 0 atom stereocenters. The Labute approximate surface area is 425 Å². The number of hydrogen-bond donors (Lipinski definition) is 0. The molecule has 0 saturated heterocycles. The minimum atomic E-state index is -0.203. The number of rotatable bonds is 21. The van der Waals surface area contributed by atoms with Crippen LogP contribution < -0.4 is 19.6 Å². The molecular formula is C61H93ClN4O3. The second-order valence-electron chi connectivity index (χ2n) is 22.9. The van der Waals surface area contributed by atoms with Crippen LogP contribution in [0, 0.1) is 21.7 Å². The maximum Gasteiger partial charge on any atom is 0.221 e. The minimum Gasteiger partial charge on any atom is -0.348 e. The van der Waals surface area contributed by atoms with Crippen molar-refractivity contribution in [2.45, 2.75) is 198 Å². The molecule has 4 heterocycles. The summed E-state index contributed by atoms with van der Waals surface area (Å²) in [6.07, 6.45) is 33.0. The average molecular weight is 966 g/mol. The molecule has 0 amide bonds. The van der Waals surface area contributed by atoms with Crippen molar-refractivity contribution >= 4 is 51.2 Å². The molecule has 4 aliphatic rings. The molecule has 382 valence electrons. The fraction of sp³-hybridized carbons (Fsp3) is 0.623. The highest BCUT2D eigenvalue weighted by Crippen LogP contribution is 2.40. The molecule has 0 spiro atoms. The summed E-state index contributed by atoms with van der Waals surface area (Å²) in [5, 5.41) is -0.203. The molecule has 0 unspecified atom stereocenters. The van der Waals surface area contributed by atoms with E-state index in [2.05, 4.69) is 181 Å². The lowest BCUT2D eigenvalue weighted by Crippen LogP contribution is -2.35. The summed E-state index contributed by atoms with van der Waals surface area (Å²) in [4.78, 5) is 45.6. The Morgan fingerprint density at radius 2 is 0.739 bits per heavy atom. The summed E-state index contributed by atoms with van der Waals surface area (Å²) in [6, 6.07) is 17.6. The molecule has 0 fully saturated rings. The smallest absolute Gasteiger partial charge is 0.221 e. The number of benzene rings is 2. The van der Waals surface area contributed by atoms with Gasteiger partial charge >= 0.3 is 0 Å². The summed E-state index contributed by atoms with van der Waals surface area (Å²) in [7, 11) is 0. The lowest BCUT2D eigenvalue weighted by atomic mass is 9.76. The molecule has 0 aliphatic carbocycles. The maximum absolute atomic E-state index is 13.1. The van der Waals surface area contributed by atoms with Crippen molar-refractivity contribution in [1.82, 2.24) is 0 Å². The van der Waals surface area contributed by atoms with Gasteiger partial charge in [0.25, 0.3) is 0 Å². The van der Waals surface area contributed by atoms with Gasteiger partial charge in [-0.2, -0.15) is 0 Å². The lowest BCUT2D eigenvalue weighted by Gasteiger charge is -2.38. The summed E-state index contributed by atoms with van der Waals surface area (Å²) >= 11 is 5.12. The normalized spacial score (nSPS) is 18.8. The van der Waals surface area contributed by atoms with Crippen LogP contribution in [0.15, 0.2) is 96.6 Å². The SMILES string of the molecule is CC1(C)C=CN(c2ccc(N3C=CC(C)(C)CC3)cc2)CC1.CCCCCCC(=O)C1=CN(c2ccc(N3C=C(C(=O)CCCCCC)C(C)(C)CC3)cc2)CCC1(C)C.CCCCCCC(=O)Cl. The van der Waals surface area contributed by atoms with E-state index in [9.17, 15) is 14.4 Å². The van der Waals surface area contributed by atoms with E-state index >= 15 is 0 Å². The first-order valence-electron chi connectivity index (χ1n) is 27.1. The van der Waals surface area contributed by atoms with Crippen LogP contribution in [0.25, 0.3) is 0 Å². The summed E-state index contributed by atoms with van der Waals surface area (Å²) in [5.41, 5.74) is 7.26. The van der Waals surface area contributed by atoms with Gasteiger partial charge in [-0.15, -0.1) is 0 Å². The van der Waals surface area contributed by atoms with Gasteiger partial charge in [0.15, 0.2) is 11.6 Å². The highest BCUT2D eigenvalue weighted by atomic mass is 35.5. The summed E-state index contributed by atoms with van der Waals surface area (Å²) < 4.78 is 0. The van der Waals surface area contributed by atoms with Gasteiger partial charge in [-0.1, -0.05) is 146 Å². The van der Waals surface area contributed by atoms with Gasteiger partial charge in [-0.05, 0) is 127 Å².